The van der Waals surface area contributed by atoms with Crippen molar-refractivity contribution in [2.75, 3.05) is 13.2 Å². The number of nitro groups is 8. The molecule has 1 N–H and O–H groups in total. The van der Waals surface area contributed by atoms with Gasteiger partial charge in [-0.1, -0.05) is 6.92 Å². The summed E-state index contributed by atoms with van der Waals surface area (Å²) in [6.07, 6.45) is -0.657. The number of fused-ring (bicyclic) bond motifs is 6. The normalized spacial score (nSPS) is 12.4. The van der Waals surface area contributed by atoms with Crippen molar-refractivity contribution >= 4 is 63.1 Å². The highest BCUT2D eigenvalue weighted by molar-refractivity contribution is 6.27. The van der Waals surface area contributed by atoms with Crippen molar-refractivity contribution in [1.82, 2.24) is 5.48 Å². The smallest absolute Gasteiger partial charge is 0.334 e. The van der Waals surface area contributed by atoms with E-state index < -0.39 is 121 Å². The minimum Gasteiger partial charge on any atom is -0.463 e. The van der Waals surface area contributed by atoms with Gasteiger partial charge in [0.15, 0.2) is 6.61 Å². The highest BCUT2D eigenvalue weighted by atomic mass is 16.7. The van der Waals surface area contributed by atoms with Crippen LogP contribution in [0.15, 0.2) is 53.5 Å². The van der Waals surface area contributed by atoms with Gasteiger partial charge in [-0.05, 0) is 45.2 Å². The third-order valence-electron chi connectivity index (χ3n) is 10.1. The van der Waals surface area contributed by atoms with Crippen molar-refractivity contribution in [3.05, 3.63) is 152 Å². The number of rotatable bonds is 18. The van der Waals surface area contributed by atoms with Crippen LogP contribution in [0.2, 0.25) is 0 Å². The molecule has 70 heavy (non-hydrogen) atoms. The number of carbonyl (C=O) groups excluding carboxylic acids is 2. The number of aliphatic imine (C=N–C) groups is 1. The average molecular weight is 979 g/mol. The van der Waals surface area contributed by atoms with E-state index in [0.717, 1.165) is 24.3 Å². The van der Waals surface area contributed by atoms with Gasteiger partial charge in [-0.3, -0.25) is 95.5 Å². The molecule has 6 rings (SSSR count). The molecule has 0 bridgehead atoms. The summed E-state index contributed by atoms with van der Waals surface area (Å²) in [5.41, 5.74) is -5.55. The number of nitrogens with zero attached hydrogens (tertiary/aromatic N) is 9. The summed E-state index contributed by atoms with van der Waals surface area (Å²) in [7, 11) is 0. The minimum absolute atomic E-state index is 0.0739. The Balaban J connectivity index is 0.000000261. The maximum atomic E-state index is 12.1. The third-order valence-corrected chi connectivity index (χ3v) is 10.1. The first-order chi connectivity index (χ1) is 32.7. The molecule has 31 heteroatoms. The average Bonchev–Trinajstić information content (AvgIpc) is 3.76. The molecule has 0 heterocycles. The van der Waals surface area contributed by atoms with E-state index in [0.29, 0.717) is 24.3 Å². The number of hydroxylamine groups is 1. The van der Waals surface area contributed by atoms with Crippen molar-refractivity contribution in [1.29, 1.82) is 0 Å². The maximum Gasteiger partial charge on any atom is 0.334 e. The lowest BCUT2D eigenvalue weighted by Gasteiger charge is -2.15. The Morgan fingerprint density at radius 2 is 0.886 bits per heavy atom. The molecule has 0 radical (unpaired) electrons. The number of carbonyl (C=O) groups is 2. The van der Waals surface area contributed by atoms with Gasteiger partial charge in [0.25, 0.3) is 45.5 Å². The van der Waals surface area contributed by atoms with E-state index in [2.05, 4.69) is 10.5 Å². The van der Waals surface area contributed by atoms with Crippen molar-refractivity contribution < 1.29 is 63.3 Å². The highest BCUT2D eigenvalue weighted by Gasteiger charge is 2.44. The number of non-ortho nitro benzene ring substituents is 4. The molecule has 0 saturated heterocycles. The van der Waals surface area contributed by atoms with E-state index in [9.17, 15) is 90.5 Å². The lowest BCUT2D eigenvalue weighted by Crippen LogP contribution is -2.26. The van der Waals surface area contributed by atoms with E-state index in [1.54, 1.807) is 34.6 Å². The molecule has 0 aliphatic heterocycles. The second kappa shape index (κ2) is 20.6. The fraction of sp³-hybridized carbons (Fsp3) is 0.308. The fourth-order valence-corrected chi connectivity index (χ4v) is 7.31. The molecule has 0 aromatic heterocycles. The Kier molecular flexibility index (Phi) is 15.2. The summed E-state index contributed by atoms with van der Waals surface area (Å²) in [4.78, 5) is 119. The second-order valence-corrected chi connectivity index (χ2v) is 15.5. The van der Waals surface area contributed by atoms with Gasteiger partial charge in [0, 0.05) is 41.9 Å². The van der Waals surface area contributed by atoms with Gasteiger partial charge >= 0.3 is 11.9 Å². The molecular weight excluding hydrogens is 944 g/mol. The van der Waals surface area contributed by atoms with Crippen molar-refractivity contribution in [2.45, 2.75) is 59.3 Å². The first kappa shape index (κ1) is 51.6. The van der Waals surface area contributed by atoms with Crippen molar-refractivity contribution in [2.24, 2.45) is 10.9 Å². The topological polar surface area (TPSA) is 431 Å². The van der Waals surface area contributed by atoms with Gasteiger partial charge in [0.2, 0.25) is 0 Å². The zero-order chi connectivity index (χ0) is 52.2. The first-order valence-corrected chi connectivity index (χ1v) is 20.0. The molecule has 0 fully saturated rings. The lowest BCUT2D eigenvalue weighted by atomic mass is 10.0. The van der Waals surface area contributed by atoms with Crippen molar-refractivity contribution in [3.8, 4) is 22.3 Å². The summed E-state index contributed by atoms with van der Waals surface area (Å²) >= 11 is 0. The number of benzene rings is 4. The van der Waals surface area contributed by atoms with Crippen LogP contribution in [-0.4, -0.2) is 82.4 Å². The van der Waals surface area contributed by atoms with Crippen LogP contribution in [0.5, 0.6) is 0 Å². The summed E-state index contributed by atoms with van der Waals surface area (Å²) in [6, 6.07) is 5.08. The first-order valence-electron chi connectivity index (χ1n) is 20.0. The second-order valence-electron chi connectivity index (χ2n) is 15.5. The fourth-order valence-electron chi connectivity index (χ4n) is 7.31. The highest BCUT2D eigenvalue weighted by Crippen LogP contribution is 2.54. The molecule has 0 saturated carbocycles. The zero-order valence-electron chi connectivity index (χ0n) is 36.6. The Morgan fingerprint density at radius 1 is 0.529 bits per heavy atom. The van der Waals surface area contributed by atoms with E-state index >= 15 is 0 Å². The summed E-state index contributed by atoms with van der Waals surface area (Å²) in [6.45, 7) is 7.39. The SMILES string of the molecule is CC(C)OC(=O)C(C)CCN=C1c2cc([N+](=O)[O-])cc([N+](=O)[O-])c2-c2c1cc([N+](=O)[O-])cc2[N+](=O)[O-].CC(C)OC(=O)CONC1c2cc([N+](=O)[O-])cc([N+](=O)[O-])c2-c2c1cc([N+](=O)[O-])cc2[N+](=O)[O-]. The van der Waals surface area contributed by atoms with Crippen LogP contribution in [0.4, 0.5) is 45.5 Å². The van der Waals surface area contributed by atoms with Crippen LogP contribution in [0.3, 0.4) is 0 Å². The monoisotopic (exact) mass is 978 g/mol. The molecule has 1 atom stereocenters. The van der Waals surface area contributed by atoms with Crippen molar-refractivity contribution in [3.63, 3.8) is 0 Å². The van der Waals surface area contributed by atoms with E-state index in [1.807, 2.05) is 0 Å². The molecule has 4 aromatic carbocycles. The number of esters is 2. The predicted octanol–water partition coefficient (Wildman–Crippen LogP) is 6.98. The van der Waals surface area contributed by atoms with Crippen LogP contribution >= 0.6 is 0 Å². The molecule has 0 amide bonds. The molecule has 31 nitrogen and oxygen atoms in total. The number of hydrogen-bond donors (Lipinski definition) is 1. The van der Waals surface area contributed by atoms with Crippen LogP contribution in [-0.2, 0) is 23.9 Å². The van der Waals surface area contributed by atoms with E-state index in [4.69, 9.17) is 14.3 Å². The Bertz CT molecular complexity index is 2830. The molecule has 366 valence electrons. The predicted molar refractivity (Wildman–Crippen MR) is 235 cm³/mol. The number of nitro benzene ring substituents is 8. The lowest BCUT2D eigenvalue weighted by molar-refractivity contribution is -0.395. The summed E-state index contributed by atoms with van der Waals surface area (Å²) in [5, 5.41) is 92.6. The third kappa shape index (κ3) is 10.7. The van der Waals surface area contributed by atoms with Gasteiger partial charge in [0.05, 0.1) is 116 Å². The summed E-state index contributed by atoms with van der Waals surface area (Å²) < 4.78 is 10.0. The largest absolute Gasteiger partial charge is 0.463 e. The number of hydrogen-bond acceptors (Lipinski definition) is 23. The van der Waals surface area contributed by atoms with Gasteiger partial charge in [-0.15, -0.1) is 0 Å². The van der Waals surface area contributed by atoms with Gasteiger partial charge in [-0.2, -0.15) is 5.48 Å². The standard InChI is InChI=1S/C21H19N5O10.C18H15N5O11/c1-10(2)36-21(27)11(3)4-5-22-20-14-6-12(23(28)29)8-16(25(32)33)18(14)19-15(20)7-13(24(30)31)9-17(19)26(34)35;1-8(2)34-15(24)7-33-19-18-11-3-9(20(25)26)5-13(22(29)30)16(11)17-12(18)4-10(21(27)28)6-14(17)23(31)32/h6-11H,4-5H2,1-3H3;3-6,8,18-19H,7H2,1-2H3. The maximum absolute atomic E-state index is 12.1. The zero-order valence-corrected chi connectivity index (χ0v) is 36.6. The Morgan fingerprint density at radius 3 is 1.23 bits per heavy atom. The van der Waals surface area contributed by atoms with Crippen LogP contribution in [0, 0.1) is 86.8 Å². The number of ether oxygens (including phenoxy) is 2. The molecule has 2 aliphatic rings. The molecule has 2 aliphatic carbocycles. The molecule has 4 aromatic rings. The van der Waals surface area contributed by atoms with Gasteiger partial charge < -0.3 is 9.47 Å². The Labute approximate surface area is 388 Å². The molecule has 1 unspecified atom stereocenters. The molecule has 0 spiro atoms. The summed E-state index contributed by atoms with van der Waals surface area (Å²) in [5.74, 6) is -1.89. The van der Waals surface area contributed by atoms with Gasteiger partial charge in [-0.25, -0.2) is 4.79 Å². The minimum atomic E-state index is -1.35. The number of nitrogens with one attached hydrogen (secondary N) is 1. The van der Waals surface area contributed by atoms with Crippen LogP contribution in [0.1, 0.15) is 69.3 Å². The van der Waals surface area contributed by atoms with E-state index in [1.165, 1.54) is 0 Å². The Hall–Kier alpha value is -9.39. The molecular formula is C39H34N10O21. The van der Waals surface area contributed by atoms with E-state index in [-0.39, 0.29) is 69.3 Å². The quantitative estimate of drug-likeness (QED) is 0.0525. The van der Waals surface area contributed by atoms with Gasteiger partial charge in [0.1, 0.15) is 0 Å². The van der Waals surface area contributed by atoms with Crippen LogP contribution in [0.25, 0.3) is 22.3 Å². The van der Waals surface area contributed by atoms with Crippen LogP contribution < -0.4 is 5.48 Å².